The molecule has 0 unspecified atom stereocenters. The first-order valence-electron chi connectivity index (χ1n) is 5.74. The number of carbonyl (C=O) groups is 1. The van der Waals surface area contributed by atoms with Gasteiger partial charge in [-0.25, -0.2) is 0 Å². The Labute approximate surface area is 88.7 Å². The van der Waals surface area contributed by atoms with Gasteiger partial charge in [0.15, 0.2) is 0 Å². The quantitative estimate of drug-likeness (QED) is 0.698. The number of aliphatic hydroxyl groups excluding tert-OH is 1. The summed E-state index contributed by atoms with van der Waals surface area (Å²) in [5.74, 6) is 0. The first kappa shape index (κ1) is 16.1. The Kier molecular flexibility index (Phi) is 12.3. The summed E-state index contributed by atoms with van der Waals surface area (Å²) in [6, 6.07) is 0. The summed E-state index contributed by atoms with van der Waals surface area (Å²) in [6.45, 7) is 6.12. The maximum Gasteiger partial charge on any atom is 0.126 e. The number of rotatable bonds is 2. The minimum atomic E-state index is 0.0816. The van der Waals surface area contributed by atoms with Crippen LogP contribution >= 0.6 is 0 Å². The molecular weight excluding hydrogens is 176 g/mol. The average Bonchev–Trinajstić information content (AvgIpc) is 2.35. The highest BCUT2D eigenvalue weighted by Crippen LogP contribution is 2.36. The van der Waals surface area contributed by atoms with E-state index in [4.69, 9.17) is 5.11 Å². The van der Waals surface area contributed by atoms with Crippen molar-refractivity contribution in [3.8, 4) is 0 Å². The van der Waals surface area contributed by atoms with Crippen LogP contribution in [0.15, 0.2) is 0 Å². The molecule has 0 atom stereocenters. The fourth-order valence-electron chi connectivity index (χ4n) is 1.81. The molecule has 1 aliphatic rings. The highest BCUT2D eigenvalue weighted by molar-refractivity contribution is 5.59. The molecule has 0 aromatic heterocycles. The third-order valence-corrected chi connectivity index (χ3v) is 2.80. The summed E-state index contributed by atoms with van der Waals surface area (Å²) < 4.78 is 0. The summed E-state index contributed by atoms with van der Waals surface area (Å²) in [7, 11) is 1.00. The molecule has 0 amide bonds. The number of aldehydes is 1. The maximum atomic E-state index is 10.7. The van der Waals surface area contributed by atoms with E-state index >= 15 is 0 Å². The predicted octanol–water partition coefficient (Wildman–Crippen LogP) is 3.18. The van der Waals surface area contributed by atoms with E-state index in [-0.39, 0.29) is 5.41 Å². The summed E-state index contributed by atoms with van der Waals surface area (Å²) in [5, 5.41) is 7.00. The van der Waals surface area contributed by atoms with Crippen molar-refractivity contribution < 1.29 is 9.90 Å². The summed E-state index contributed by atoms with van der Waals surface area (Å²) in [4.78, 5) is 10.7. The average molecular weight is 202 g/mol. The molecule has 0 radical (unpaired) electrons. The molecule has 1 rings (SSSR count). The third kappa shape index (κ3) is 5.38. The van der Waals surface area contributed by atoms with Crippen molar-refractivity contribution in [3.05, 3.63) is 0 Å². The minimum Gasteiger partial charge on any atom is -0.400 e. The highest BCUT2D eigenvalue weighted by atomic mass is 16.2. The zero-order chi connectivity index (χ0) is 11.4. The molecule has 0 aliphatic heterocycles. The first-order valence-corrected chi connectivity index (χ1v) is 5.74. The lowest BCUT2D eigenvalue weighted by Crippen LogP contribution is -2.24. The molecule has 2 heteroatoms. The van der Waals surface area contributed by atoms with Gasteiger partial charge in [-0.05, 0) is 19.3 Å². The highest BCUT2D eigenvalue weighted by Gasteiger charge is 2.28. The Morgan fingerprint density at radius 1 is 1.14 bits per heavy atom. The van der Waals surface area contributed by atoms with Crippen LogP contribution in [0.2, 0.25) is 0 Å². The monoisotopic (exact) mass is 202 g/mol. The van der Waals surface area contributed by atoms with Crippen LogP contribution in [-0.2, 0) is 4.79 Å². The number of hydrogen-bond donors (Lipinski definition) is 1. The lowest BCUT2D eigenvalue weighted by atomic mass is 9.73. The molecule has 14 heavy (non-hydrogen) atoms. The van der Waals surface area contributed by atoms with Gasteiger partial charge in [0.2, 0.25) is 0 Å². The predicted molar refractivity (Wildman–Crippen MR) is 61.4 cm³/mol. The SMILES string of the molecule is CC.CCC1(C=O)CCCCC1.CO. The van der Waals surface area contributed by atoms with Crippen molar-refractivity contribution >= 4 is 6.29 Å². The zero-order valence-electron chi connectivity index (χ0n) is 10.2. The van der Waals surface area contributed by atoms with Crippen LogP contribution in [0.3, 0.4) is 0 Å². The standard InChI is InChI=1S/C9H16O.C2H6.CH4O/c1-2-9(8-10)6-4-3-5-7-9;2*1-2/h8H,2-7H2,1H3;1-2H3;2H,1H3. The van der Waals surface area contributed by atoms with Gasteiger partial charge in [-0.3, -0.25) is 0 Å². The molecule has 0 spiro atoms. The van der Waals surface area contributed by atoms with E-state index in [9.17, 15) is 4.79 Å². The molecule has 0 heterocycles. The molecule has 0 aromatic rings. The van der Waals surface area contributed by atoms with Crippen molar-refractivity contribution in [2.24, 2.45) is 5.41 Å². The molecule has 1 aliphatic carbocycles. The van der Waals surface area contributed by atoms with E-state index in [1.807, 2.05) is 13.8 Å². The Hall–Kier alpha value is -0.370. The van der Waals surface area contributed by atoms with Crippen LogP contribution in [0.1, 0.15) is 59.3 Å². The van der Waals surface area contributed by atoms with E-state index in [1.54, 1.807) is 0 Å². The van der Waals surface area contributed by atoms with Crippen LogP contribution in [0.5, 0.6) is 0 Å². The second kappa shape index (κ2) is 10.7. The van der Waals surface area contributed by atoms with Crippen LogP contribution in [0.25, 0.3) is 0 Å². The second-order valence-corrected chi connectivity index (χ2v) is 3.39. The molecule has 2 nitrogen and oxygen atoms in total. The van der Waals surface area contributed by atoms with Crippen molar-refractivity contribution in [3.63, 3.8) is 0 Å². The van der Waals surface area contributed by atoms with Gasteiger partial charge in [-0.15, -0.1) is 0 Å². The Bertz CT molecular complexity index is 115. The Morgan fingerprint density at radius 2 is 1.57 bits per heavy atom. The summed E-state index contributed by atoms with van der Waals surface area (Å²) in [5.41, 5.74) is 0.0816. The zero-order valence-corrected chi connectivity index (χ0v) is 10.2. The van der Waals surface area contributed by atoms with E-state index < -0.39 is 0 Å². The third-order valence-electron chi connectivity index (χ3n) is 2.80. The summed E-state index contributed by atoms with van der Waals surface area (Å²) >= 11 is 0. The van der Waals surface area contributed by atoms with E-state index in [2.05, 4.69) is 6.92 Å². The van der Waals surface area contributed by atoms with Gasteiger partial charge in [0.25, 0.3) is 0 Å². The van der Waals surface area contributed by atoms with Crippen LogP contribution in [0.4, 0.5) is 0 Å². The topological polar surface area (TPSA) is 37.3 Å². The van der Waals surface area contributed by atoms with E-state index in [0.29, 0.717) is 0 Å². The van der Waals surface area contributed by atoms with Crippen molar-refractivity contribution in [1.82, 2.24) is 0 Å². The smallest absolute Gasteiger partial charge is 0.126 e. The molecule has 0 aromatic carbocycles. The molecule has 86 valence electrons. The van der Waals surface area contributed by atoms with Gasteiger partial charge < -0.3 is 9.90 Å². The maximum absolute atomic E-state index is 10.7. The van der Waals surface area contributed by atoms with Crippen molar-refractivity contribution in [2.45, 2.75) is 59.3 Å². The number of carbonyl (C=O) groups excluding carboxylic acids is 1. The normalized spacial score (nSPS) is 18.1. The van der Waals surface area contributed by atoms with Crippen LogP contribution < -0.4 is 0 Å². The first-order chi connectivity index (χ1) is 6.83. The van der Waals surface area contributed by atoms with E-state index in [0.717, 1.165) is 26.4 Å². The van der Waals surface area contributed by atoms with Crippen LogP contribution in [0, 0.1) is 5.41 Å². The van der Waals surface area contributed by atoms with E-state index in [1.165, 1.54) is 25.5 Å². The number of aliphatic hydroxyl groups is 1. The molecule has 0 saturated heterocycles. The molecule has 1 saturated carbocycles. The largest absolute Gasteiger partial charge is 0.400 e. The molecule has 1 N–H and O–H groups in total. The molecule has 1 fully saturated rings. The fourth-order valence-corrected chi connectivity index (χ4v) is 1.81. The van der Waals surface area contributed by atoms with Crippen molar-refractivity contribution in [1.29, 1.82) is 0 Å². The van der Waals surface area contributed by atoms with Crippen molar-refractivity contribution in [2.75, 3.05) is 7.11 Å². The lowest BCUT2D eigenvalue weighted by molar-refractivity contribution is -0.118. The van der Waals surface area contributed by atoms with Gasteiger partial charge in [0.1, 0.15) is 6.29 Å². The second-order valence-electron chi connectivity index (χ2n) is 3.39. The fraction of sp³-hybridized carbons (Fsp3) is 0.917. The van der Waals surface area contributed by atoms with Gasteiger partial charge in [-0.1, -0.05) is 40.0 Å². The Morgan fingerprint density at radius 3 is 1.79 bits per heavy atom. The lowest BCUT2D eigenvalue weighted by Gasteiger charge is -2.30. The Balaban J connectivity index is 0. The molecule has 0 bridgehead atoms. The number of hydrogen-bond acceptors (Lipinski definition) is 2. The summed E-state index contributed by atoms with van der Waals surface area (Å²) in [6.07, 6.45) is 8.33. The van der Waals surface area contributed by atoms with Gasteiger partial charge in [-0.2, -0.15) is 0 Å². The van der Waals surface area contributed by atoms with Gasteiger partial charge in [0, 0.05) is 12.5 Å². The van der Waals surface area contributed by atoms with Gasteiger partial charge in [0.05, 0.1) is 0 Å². The van der Waals surface area contributed by atoms with Crippen LogP contribution in [-0.4, -0.2) is 18.5 Å². The molecular formula is C12H26O2. The van der Waals surface area contributed by atoms with Gasteiger partial charge >= 0.3 is 0 Å². The minimum absolute atomic E-state index is 0.0816.